The molecule has 2 rings (SSSR count). The maximum absolute atomic E-state index is 11.8. The van der Waals surface area contributed by atoms with E-state index in [1.807, 2.05) is 26.4 Å². The first kappa shape index (κ1) is 19.7. The van der Waals surface area contributed by atoms with Crippen molar-refractivity contribution in [3.8, 4) is 0 Å². The Morgan fingerprint density at radius 3 is 2.83 bits per heavy atom. The van der Waals surface area contributed by atoms with Crippen molar-refractivity contribution in [2.45, 2.75) is 20.4 Å². The van der Waals surface area contributed by atoms with Crippen molar-refractivity contribution < 1.29 is 9.53 Å². The predicted molar refractivity (Wildman–Crippen MR) is 99.7 cm³/mol. The molecule has 130 valence electrons. The summed E-state index contributed by atoms with van der Waals surface area (Å²) in [5.74, 6) is 0.865. The molecule has 7 nitrogen and oxygen atoms in total. The SMILES string of the molecule is CCNC(=NCc1cnn(C)c1)N1CC(C)C(C(=O)OC)C1.I. The molecule has 2 heterocycles. The lowest BCUT2D eigenvalue weighted by Gasteiger charge is -2.21. The van der Waals surface area contributed by atoms with E-state index < -0.39 is 0 Å². The second kappa shape index (κ2) is 9.09. The predicted octanol–water partition coefficient (Wildman–Crippen LogP) is 1.24. The van der Waals surface area contributed by atoms with Crippen molar-refractivity contribution in [1.29, 1.82) is 0 Å². The van der Waals surface area contributed by atoms with Gasteiger partial charge < -0.3 is 15.0 Å². The molecule has 0 saturated carbocycles. The topological polar surface area (TPSA) is 71.8 Å². The van der Waals surface area contributed by atoms with Gasteiger partial charge in [-0.3, -0.25) is 9.48 Å². The molecular weight excluding hydrogens is 409 g/mol. The fourth-order valence-corrected chi connectivity index (χ4v) is 2.74. The van der Waals surface area contributed by atoms with Crippen LogP contribution >= 0.6 is 24.0 Å². The highest BCUT2D eigenvalue weighted by atomic mass is 127. The number of carbonyl (C=O) groups excluding carboxylic acids is 1. The van der Waals surface area contributed by atoms with E-state index in [0.29, 0.717) is 13.1 Å². The number of rotatable bonds is 4. The number of aliphatic imine (C=N–C) groups is 1. The first-order valence-electron chi connectivity index (χ1n) is 7.63. The van der Waals surface area contributed by atoms with Gasteiger partial charge in [0.15, 0.2) is 5.96 Å². The van der Waals surface area contributed by atoms with Crippen LogP contribution in [0.4, 0.5) is 0 Å². The number of aromatic nitrogens is 2. The van der Waals surface area contributed by atoms with E-state index in [2.05, 4.69) is 27.2 Å². The van der Waals surface area contributed by atoms with Gasteiger partial charge in [-0.25, -0.2) is 4.99 Å². The number of halogens is 1. The van der Waals surface area contributed by atoms with Crippen molar-refractivity contribution in [2.75, 3.05) is 26.7 Å². The normalized spacial score (nSPS) is 21.0. The number of nitrogens with one attached hydrogen (secondary N) is 1. The van der Waals surface area contributed by atoms with Crippen molar-refractivity contribution in [3.63, 3.8) is 0 Å². The van der Waals surface area contributed by atoms with Crippen LogP contribution in [0.1, 0.15) is 19.4 Å². The van der Waals surface area contributed by atoms with Crippen LogP contribution in [-0.4, -0.2) is 53.4 Å². The number of carbonyl (C=O) groups is 1. The summed E-state index contributed by atoms with van der Waals surface area (Å²) in [5, 5.41) is 7.44. The van der Waals surface area contributed by atoms with E-state index in [9.17, 15) is 4.79 Å². The lowest BCUT2D eigenvalue weighted by Crippen LogP contribution is -2.40. The Morgan fingerprint density at radius 1 is 1.52 bits per heavy atom. The largest absolute Gasteiger partial charge is 0.469 e. The highest BCUT2D eigenvalue weighted by Crippen LogP contribution is 2.24. The molecule has 1 aromatic rings. The van der Waals surface area contributed by atoms with Gasteiger partial charge in [-0.1, -0.05) is 6.92 Å². The standard InChI is InChI=1S/C15H25N5O2.HI/c1-5-16-15(17-6-12-7-18-19(3)9-12)20-8-11(2)13(10-20)14(21)22-4;/h7,9,11,13H,5-6,8,10H2,1-4H3,(H,16,17);1H. The minimum Gasteiger partial charge on any atom is -0.469 e. The van der Waals surface area contributed by atoms with E-state index in [4.69, 9.17) is 4.74 Å². The average molecular weight is 435 g/mol. The van der Waals surface area contributed by atoms with Crippen LogP contribution in [0.5, 0.6) is 0 Å². The summed E-state index contributed by atoms with van der Waals surface area (Å²) >= 11 is 0. The Labute approximate surface area is 154 Å². The lowest BCUT2D eigenvalue weighted by molar-refractivity contribution is -0.145. The molecule has 0 aromatic carbocycles. The molecule has 2 unspecified atom stereocenters. The number of ether oxygens (including phenoxy) is 1. The Bertz CT molecular complexity index is 546. The van der Waals surface area contributed by atoms with E-state index >= 15 is 0 Å². The summed E-state index contributed by atoms with van der Waals surface area (Å²) in [6.07, 6.45) is 3.77. The van der Waals surface area contributed by atoms with Gasteiger partial charge >= 0.3 is 5.97 Å². The third-order valence-corrected chi connectivity index (χ3v) is 3.92. The van der Waals surface area contributed by atoms with Gasteiger partial charge in [-0.15, -0.1) is 24.0 Å². The molecule has 1 saturated heterocycles. The fraction of sp³-hybridized carbons (Fsp3) is 0.667. The molecule has 0 amide bonds. The van der Waals surface area contributed by atoms with Gasteiger partial charge in [-0.2, -0.15) is 5.10 Å². The number of methoxy groups -OCH3 is 1. The molecule has 1 fully saturated rings. The fourth-order valence-electron chi connectivity index (χ4n) is 2.74. The molecule has 0 bridgehead atoms. The summed E-state index contributed by atoms with van der Waals surface area (Å²) in [6.45, 7) is 6.93. The minimum absolute atomic E-state index is 0. The first-order valence-corrected chi connectivity index (χ1v) is 7.63. The molecule has 1 N–H and O–H groups in total. The van der Waals surface area contributed by atoms with E-state index in [-0.39, 0.29) is 41.8 Å². The Hall–Kier alpha value is -1.32. The number of hydrogen-bond acceptors (Lipinski definition) is 4. The molecule has 0 radical (unpaired) electrons. The van der Waals surface area contributed by atoms with Gasteiger partial charge in [0.2, 0.25) is 0 Å². The van der Waals surface area contributed by atoms with Gasteiger partial charge in [-0.05, 0) is 12.8 Å². The number of hydrogen-bond donors (Lipinski definition) is 1. The molecular formula is C15H26IN5O2. The molecule has 1 aromatic heterocycles. The molecule has 23 heavy (non-hydrogen) atoms. The molecule has 1 aliphatic rings. The van der Waals surface area contributed by atoms with Crippen LogP contribution in [-0.2, 0) is 23.1 Å². The van der Waals surface area contributed by atoms with Crippen molar-refractivity contribution in [1.82, 2.24) is 20.0 Å². The molecule has 0 spiro atoms. The van der Waals surface area contributed by atoms with Crippen LogP contribution in [0.15, 0.2) is 17.4 Å². The number of nitrogens with zero attached hydrogens (tertiary/aromatic N) is 4. The summed E-state index contributed by atoms with van der Waals surface area (Å²) in [5.41, 5.74) is 1.06. The zero-order valence-electron chi connectivity index (χ0n) is 14.2. The van der Waals surface area contributed by atoms with E-state index in [1.54, 1.807) is 4.68 Å². The lowest BCUT2D eigenvalue weighted by atomic mass is 9.99. The van der Waals surface area contributed by atoms with Gasteiger partial charge in [0, 0.05) is 38.4 Å². The number of aryl methyl sites for hydroxylation is 1. The minimum atomic E-state index is -0.141. The van der Waals surface area contributed by atoms with Crippen LogP contribution in [0.3, 0.4) is 0 Å². The third-order valence-electron chi connectivity index (χ3n) is 3.92. The zero-order chi connectivity index (χ0) is 16.1. The van der Waals surface area contributed by atoms with E-state index in [1.165, 1.54) is 7.11 Å². The van der Waals surface area contributed by atoms with Crippen LogP contribution in [0.25, 0.3) is 0 Å². The Kier molecular flexibility index (Phi) is 7.80. The van der Waals surface area contributed by atoms with Gasteiger partial charge in [0.1, 0.15) is 0 Å². The monoisotopic (exact) mass is 435 g/mol. The van der Waals surface area contributed by atoms with Crippen molar-refractivity contribution >= 4 is 35.9 Å². The van der Waals surface area contributed by atoms with Crippen molar-refractivity contribution in [3.05, 3.63) is 18.0 Å². The zero-order valence-corrected chi connectivity index (χ0v) is 16.5. The van der Waals surface area contributed by atoms with Crippen molar-refractivity contribution in [2.24, 2.45) is 23.9 Å². The highest BCUT2D eigenvalue weighted by molar-refractivity contribution is 14.0. The van der Waals surface area contributed by atoms with Gasteiger partial charge in [0.05, 0.1) is 25.8 Å². The maximum Gasteiger partial charge on any atom is 0.310 e. The first-order chi connectivity index (χ1) is 10.5. The third kappa shape index (κ3) is 5.08. The number of guanidine groups is 1. The smallest absolute Gasteiger partial charge is 0.310 e. The molecule has 1 aliphatic heterocycles. The Balaban J connectivity index is 0.00000264. The summed E-state index contributed by atoms with van der Waals surface area (Å²) in [7, 11) is 3.33. The van der Waals surface area contributed by atoms with Crippen LogP contribution in [0.2, 0.25) is 0 Å². The summed E-state index contributed by atoms with van der Waals surface area (Å²) in [6, 6.07) is 0. The second-order valence-corrected chi connectivity index (χ2v) is 5.70. The second-order valence-electron chi connectivity index (χ2n) is 5.70. The van der Waals surface area contributed by atoms with Crippen LogP contribution in [0, 0.1) is 11.8 Å². The summed E-state index contributed by atoms with van der Waals surface area (Å²) in [4.78, 5) is 18.6. The van der Waals surface area contributed by atoms with E-state index in [0.717, 1.165) is 24.6 Å². The summed E-state index contributed by atoms with van der Waals surface area (Å²) < 4.78 is 6.65. The average Bonchev–Trinajstić information content (AvgIpc) is 3.08. The van der Waals surface area contributed by atoms with Crippen LogP contribution < -0.4 is 5.32 Å². The quantitative estimate of drug-likeness (QED) is 0.334. The number of likely N-dealkylation sites (tertiary alicyclic amines) is 1. The highest BCUT2D eigenvalue weighted by Gasteiger charge is 2.36. The maximum atomic E-state index is 11.8. The molecule has 2 atom stereocenters. The Morgan fingerprint density at radius 2 is 2.26 bits per heavy atom. The molecule has 0 aliphatic carbocycles. The van der Waals surface area contributed by atoms with Gasteiger partial charge in [0.25, 0.3) is 0 Å². The molecule has 8 heteroatoms. The number of esters is 1.